The van der Waals surface area contributed by atoms with Gasteiger partial charge in [-0.05, 0) is 29.7 Å². The van der Waals surface area contributed by atoms with Gasteiger partial charge in [0.2, 0.25) is 0 Å². The molecule has 0 N–H and O–H groups in total. The average molecular weight is 256 g/mol. The van der Waals surface area contributed by atoms with E-state index in [0.717, 1.165) is 11.1 Å². The molecule has 3 aromatic rings. The van der Waals surface area contributed by atoms with Crippen molar-refractivity contribution in [3.05, 3.63) is 76.2 Å². The number of hydrogen-bond acceptors (Lipinski definition) is 1. The van der Waals surface area contributed by atoms with Crippen molar-refractivity contribution >= 4 is 22.4 Å². The Bertz CT molecular complexity index is 762. The van der Waals surface area contributed by atoms with Gasteiger partial charge < -0.3 is 0 Å². The molecule has 0 bridgehead atoms. The molecule has 18 heavy (non-hydrogen) atoms. The van der Waals surface area contributed by atoms with Crippen LogP contribution in [0, 0.1) is 0 Å². The largest absolute Gasteiger partial charge is 0.268 e. The fraction of sp³-hybridized carbons (Fsp3) is 0. The van der Waals surface area contributed by atoms with Gasteiger partial charge in [-0.3, -0.25) is 9.36 Å². The van der Waals surface area contributed by atoms with E-state index in [1.54, 1.807) is 0 Å². The second-order valence-electron chi connectivity index (χ2n) is 4.03. The van der Waals surface area contributed by atoms with E-state index in [1.807, 2.05) is 60.7 Å². The van der Waals surface area contributed by atoms with E-state index in [2.05, 4.69) is 0 Å². The molecule has 1 aromatic heterocycles. The molecule has 0 spiro atoms. The third-order valence-corrected chi connectivity index (χ3v) is 3.18. The van der Waals surface area contributed by atoms with E-state index in [4.69, 9.17) is 11.6 Å². The Morgan fingerprint density at radius 1 is 0.889 bits per heavy atom. The molecule has 0 atom stereocenters. The number of pyridine rings is 1. The van der Waals surface area contributed by atoms with E-state index in [0.29, 0.717) is 10.5 Å². The number of benzene rings is 2. The monoisotopic (exact) mass is 255 g/mol. The van der Waals surface area contributed by atoms with E-state index in [-0.39, 0.29) is 5.56 Å². The summed E-state index contributed by atoms with van der Waals surface area (Å²) < 4.78 is 1.52. The van der Waals surface area contributed by atoms with Crippen molar-refractivity contribution in [1.82, 2.24) is 4.57 Å². The van der Waals surface area contributed by atoms with Crippen LogP contribution in [0.4, 0.5) is 0 Å². The number of fused-ring (bicyclic) bond motifs is 1. The Morgan fingerprint density at radius 2 is 1.56 bits per heavy atom. The van der Waals surface area contributed by atoms with Crippen molar-refractivity contribution in [3.63, 3.8) is 0 Å². The highest BCUT2D eigenvalue weighted by Gasteiger charge is 2.08. The first-order valence-electron chi connectivity index (χ1n) is 5.63. The van der Waals surface area contributed by atoms with Crippen molar-refractivity contribution in [2.24, 2.45) is 0 Å². The summed E-state index contributed by atoms with van der Waals surface area (Å²) in [7, 11) is 0. The lowest BCUT2D eigenvalue weighted by atomic mass is 10.1. The van der Waals surface area contributed by atoms with Crippen LogP contribution >= 0.6 is 11.6 Å². The highest BCUT2D eigenvalue weighted by molar-refractivity contribution is 6.30. The molecule has 2 aromatic carbocycles. The third-order valence-electron chi connectivity index (χ3n) is 2.90. The van der Waals surface area contributed by atoms with Crippen molar-refractivity contribution < 1.29 is 0 Å². The minimum Gasteiger partial charge on any atom is -0.268 e. The first-order chi connectivity index (χ1) is 8.77. The zero-order valence-corrected chi connectivity index (χ0v) is 10.3. The molecule has 2 nitrogen and oxygen atoms in total. The van der Waals surface area contributed by atoms with Crippen LogP contribution in [0.3, 0.4) is 0 Å². The zero-order chi connectivity index (χ0) is 12.5. The number of nitrogens with zero attached hydrogens (tertiary/aromatic N) is 1. The fourth-order valence-corrected chi connectivity index (χ4v) is 2.34. The Labute approximate surface area is 109 Å². The first kappa shape index (κ1) is 11.1. The van der Waals surface area contributed by atoms with Crippen LogP contribution in [-0.4, -0.2) is 4.57 Å². The summed E-state index contributed by atoms with van der Waals surface area (Å²) in [5, 5.41) is 1.95. The quantitative estimate of drug-likeness (QED) is 0.609. The van der Waals surface area contributed by atoms with Crippen LogP contribution in [0.2, 0.25) is 5.15 Å². The Kier molecular flexibility index (Phi) is 2.65. The van der Waals surface area contributed by atoms with Gasteiger partial charge in [-0.2, -0.15) is 0 Å². The number of aromatic nitrogens is 1. The van der Waals surface area contributed by atoms with Crippen LogP contribution in [-0.2, 0) is 0 Å². The molecule has 0 radical (unpaired) electrons. The van der Waals surface area contributed by atoms with Crippen molar-refractivity contribution in [2.45, 2.75) is 0 Å². The molecule has 0 aliphatic heterocycles. The topological polar surface area (TPSA) is 22.0 Å². The summed E-state index contributed by atoms with van der Waals surface area (Å²) >= 11 is 6.21. The molecule has 0 saturated heterocycles. The number of hydrogen-bond donors (Lipinski definition) is 0. The van der Waals surface area contributed by atoms with Gasteiger partial charge in [0.1, 0.15) is 5.15 Å². The Hall–Kier alpha value is -2.06. The van der Waals surface area contributed by atoms with Gasteiger partial charge in [0, 0.05) is 5.39 Å². The van der Waals surface area contributed by atoms with Gasteiger partial charge >= 0.3 is 0 Å². The lowest BCUT2D eigenvalue weighted by Crippen LogP contribution is -2.18. The van der Waals surface area contributed by atoms with E-state index < -0.39 is 0 Å². The number of para-hydroxylation sites is 1. The van der Waals surface area contributed by atoms with E-state index >= 15 is 0 Å². The molecule has 0 aliphatic rings. The highest BCUT2D eigenvalue weighted by Crippen LogP contribution is 2.19. The standard InChI is InChI=1S/C15H10ClNO/c16-14-10-11-6-4-5-9-13(11)15(18)17(14)12-7-2-1-3-8-12/h1-10H. The summed E-state index contributed by atoms with van der Waals surface area (Å²) in [5.74, 6) is 0. The molecule has 88 valence electrons. The average Bonchev–Trinajstić information content (AvgIpc) is 2.40. The lowest BCUT2D eigenvalue weighted by Gasteiger charge is -2.09. The maximum atomic E-state index is 12.4. The summed E-state index contributed by atoms with van der Waals surface area (Å²) in [5.41, 5.74) is 0.683. The SMILES string of the molecule is O=c1c2ccccc2cc(Cl)n1-c1ccccc1. The van der Waals surface area contributed by atoms with Crippen LogP contribution in [0.15, 0.2) is 65.5 Å². The molecule has 3 heteroatoms. The molecule has 0 saturated carbocycles. The van der Waals surface area contributed by atoms with Crippen LogP contribution in [0.1, 0.15) is 0 Å². The fourth-order valence-electron chi connectivity index (χ4n) is 2.05. The Balaban J connectivity index is 2.41. The molecule has 0 unspecified atom stereocenters. The van der Waals surface area contributed by atoms with Gasteiger partial charge in [-0.1, -0.05) is 48.0 Å². The van der Waals surface area contributed by atoms with E-state index in [1.165, 1.54) is 4.57 Å². The minimum absolute atomic E-state index is 0.0932. The van der Waals surface area contributed by atoms with Crippen LogP contribution < -0.4 is 5.56 Å². The normalized spacial score (nSPS) is 10.7. The lowest BCUT2D eigenvalue weighted by molar-refractivity contribution is 1.01. The molecular formula is C15H10ClNO. The molecule has 1 heterocycles. The minimum atomic E-state index is -0.0932. The maximum Gasteiger partial charge on any atom is 0.264 e. The van der Waals surface area contributed by atoms with Gasteiger partial charge in [0.15, 0.2) is 0 Å². The van der Waals surface area contributed by atoms with Crippen molar-refractivity contribution in [1.29, 1.82) is 0 Å². The summed E-state index contributed by atoms with van der Waals surface area (Å²) in [6, 6.07) is 18.7. The van der Waals surface area contributed by atoms with Crippen LogP contribution in [0.25, 0.3) is 16.5 Å². The number of rotatable bonds is 1. The molecular weight excluding hydrogens is 246 g/mol. The predicted molar refractivity (Wildman–Crippen MR) is 74.6 cm³/mol. The van der Waals surface area contributed by atoms with Crippen molar-refractivity contribution in [2.75, 3.05) is 0 Å². The Morgan fingerprint density at radius 3 is 2.33 bits per heavy atom. The molecule has 0 aliphatic carbocycles. The highest BCUT2D eigenvalue weighted by atomic mass is 35.5. The van der Waals surface area contributed by atoms with Crippen LogP contribution in [0.5, 0.6) is 0 Å². The van der Waals surface area contributed by atoms with Gasteiger partial charge in [0.05, 0.1) is 5.69 Å². The third kappa shape index (κ3) is 1.71. The second kappa shape index (κ2) is 4.31. The van der Waals surface area contributed by atoms with Crippen molar-refractivity contribution in [3.8, 4) is 5.69 Å². The molecule has 3 rings (SSSR count). The summed E-state index contributed by atoms with van der Waals surface area (Å²) in [6.45, 7) is 0. The second-order valence-corrected chi connectivity index (χ2v) is 4.42. The maximum absolute atomic E-state index is 12.4. The summed E-state index contributed by atoms with van der Waals surface area (Å²) in [4.78, 5) is 12.4. The smallest absolute Gasteiger partial charge is 0.264 e. The predicted octanol–water partition coefficient (Wildman–Crippen LogP) is 3.64. The first-order valence-corrected chi connectivity index (χ1v) is 6.01. The summed E-state index contributed by atoms with van der Waals surface area (Å²) in [6.07, 6.45) is 0. The zero-order valence-electron chi connectivity index (χ0n) is 9.51. The van der Waals surface area contributed by atoms with Gasteiger partial charge in [0.25, 0.3) is 5.56 Å². The van der Waals surface area contributed by atoms with Gasteiger partial charge in [-0.15, -0.1) is 0 Å². The molecule has 0 amide bonds. The van der Waals surface area contributed by atoms with E-state index in [9.17, 15) is 4.79 Å². The van der Waals surface area contributed by atoms with Gasteiger partial charge in [-0.25, -0.2) is 0 Å². The number of halogens is 1. The molecule has 0 fully saturated rings.